The largest absolute Gasteiger partial charge is 0.306 e. The van der Waals surface area contributed by atoms with Gasteiger partial charge in [-0.05, 0) is 57.5 Å². The summed E-state index contributed by atoms with van der Waals surface area (Å²) in [4.78, 5) is 11.8. The molecule has 0 N–H and O–H groups in total. The molecular formula is C18H25N3S. The fourth-order valence-corrected chi connectivity index (χ4v) is 3.80. The molecule has 0 saturated heterocycles. The normalized spacial score (nSPS) is 20.4. The Balaban J connectivity index is 1.84. The van der Waals surface area contributed by atoms with Gasteiger partial charge >= 0.3 is 0 Å². The highest BCUT2D eigenvalue weighted by Crippen LogP contribution is 2.26. The minimum absolute atomic E-state index is 0.518. The third kappa shape index (κ3) is 3.39. The van der Waals surface area contributed by atoms with Gasteiger partial charge in [-0.25, -0.2) is 4.98 Å². The predicted molar refractivity (Wildman–Crippen MR) is 96.3 cm³/mol. The molecular weight excluding hydrogens is 290 g/mol. The smallest absolute Gasteiger partial charge is 0.0954 e. The Bertz CT molecular complexity index is 687. The van der Waals surface area contributed by atoms with Gasteiger partial charge in [-0.3, -0.25) is 4.99 Å². The lowest BCUT2D eigenvalue weighted by molar-refractivity contribution is 0.312. The standard InChI is InChI=1S/C18H25N3S/c1-12-5-7-15(19-11-12)14-6-8-17-16(10-14)20-18(22-17)9-13(2)21(3)4/h6,8,10,12-13H,5,7,9,11H2,1-4H3. The fraction of sp³-hybridized carbons (Fsp3) is 0.556. The number of hydrogen-bond donors (Lipinski definition) is 0. The Hall–Kier alpha value is -1.26. The molecule has 2 unspecified atom stereocenters. The van der Waals surface area contributed by atoms with E-state index >= 15 is 0 Å². The van der Waals surface area contributed by atoms with Crippen LogP contribution in [-0.4, -0.2) is 42.3 Å². The summed E-state index contributed by atoms with van der Waals surface area (Å²) in [6, 6.07) is 7.18. The molecule has 0 spiro atoms. The van der Waals surface area contributed by atoms with Gasteiger partial charge in [-0.15, -0.1) is 11.3 Å². The highest BCUT2D eigenvalue weighted by Gasteiger charge is 2.15. The van der Waals surface area contributed by atoms with E-state index in [0.29, 0.717) is 6.04 Å². The van der Waals surface area contributed by atoms with E-state index in [1.807, 2.05) is 11.3 Å². The number of benzene rings is 1. The van der Waals surface area contributed by atoms with Gasteiger partial charge in [-0.1, -0.05) is 13.0 Å². The maximum Gasteiger partial charge on any atom is 0.0954 e. The maximum atomic E-state index is 4.84. The number of thiazole rings is 1. The molecule has 3 rings (SSSR count). The van der Waals surface area contributed by atoms with E-state index in [0.717, 1.165) is 30.8 Å². The Kier molecular flexibility index (Phi) is 4.59. The number of aromatic nitrogens is 1. The van der Waals surface area contributed by atoms with Crippen molar-refractivity contribution >= 4 is 27.3 Å². The van der Waals surface area contributed by atoms with Gasteiger partial charge in [0.2, 0.25) is 0 Å². The summed E-state index contributed by atoms with van der Waals surface area (Å²) in [5.41, 5.74) is 3.65. The molecule has 0 aliphatic carbocycles. The summed E-state index contributed by atoms with van der Waals surface area (Å²) < 4.78 is 1.29. The quantitative estimate of drug-likeness (QED) is 0.853. The van der Waals surface area contributed by atoms with Crippen molar-refractivity contribution in [2.75, 3.05) is 20.6 Å². The van der Waals surface area contributed by atoms with Crippen molar-refractivity contribution in [2.24, 2.45) is 10.9 Å². The molecule has 1 aromatic heterocycles. The maximum absolute atomic E-state index is 4.84. The van der Waals surface area contributed by atoms with Crippen molar-refractivity contribution in [1.29, 1.82) is 0 Å². The molecule has 2 atom stereocenters. The molecule has 4 heteroatoms. The summed E-state index contributed by atoms with van der Waals surface area (Å²) in [6.07, 6.45) is 3.36. The summed E-state index contributed by atoms with van der Waals surface area (Å²) >= 11 is 1.82. The second kappa shape index (κ2) is 6.47. The van der Waals surface area contributed by atoms with E-state index in [-0.39, 0.29) is 0 Å². The second-order valence-corrected chi connectivity index (χ2v) is 7.85. The van der Waals surface area contributed by atoms with Crippen LogP contribution in [0.2, 0.25) is 0 Å². The molecule has 0 radical (unpaired) electrons. The summed E-state index contributed by atoms with van der Waals surface area (Å²) in [5.74, 6) is 0.728. The van der Waals surface area contributed by atoms with Crippen molar-refractivity contribution in [3.05, 3.63) is 28.8 Å². The van der Waals surface area contributed by atoms with Crippen molar-refractivity contribution in [3.63, 3.8) is 0 Å². The molecule has 3 nitrogen and oxygen atoms in total. The minimum atomic E-state index is 0.518. The molecule has 22 heavy (non-hydrogen) atoms. The van der Waals surface area contributed by atoms with E-state index in [4.69, 9.17) is 9.98 Å². The van der Waals surface area contributed by atoms with Crippen LogP contribution in [0, 0.1) is 5.92 Å². The third-order valence-electron chi connectivity index (χ3n) is 4.58. The summed E-state index contributed by atoms with van der Waals surface area (Å²) in [5, 5.41) is 1.23. The minimum Gasteiger partial charge on any atom is -0.306 e. The summed E-state index contributed by atoms with van der Waals surface area (Å²) in [6.45, 7) is 5.49. The van der Waals surface area contributed by atoms with E-state index in [9.17, 15) is 0 Å². The lowest BCUT2D eigenvalue weighted by Crippen LogP contribution is -2.26. The van der Waals surface area contributed by atoms with Gasteiger partial charge in [-0.2, -0.15) is 0 Å². The lowest BCUT2D eigenvalue weighted by Gasteiger charge is -2.17. The molecule has 2 aromatic rings. The average molecular weight is 315 g/mol. The highest BCUT2D eigenvalue weighted by molar-refractivity contribution is 7.18. The topological polar surface area (TPSA) is 28.5 Å². The van der Waals surface area contributed by atoms with Crippen LogP contribution in [0.1, 0.15) is 37.3 Å². The van der Waals surface area contributed by atoms with Gasteiger partial charge in [0.05, 0.1) is 15.2 Å². The molecule has 0 bridgehead atoms. The number of hydrogen-bond acceptors (Lipinski definition) is 4. The lowest BCUT2D eigenvalue weighted by atomic mass is 9.96. The van der Waals surface area contributed by atoms with Gasteiger partial charge in [0, 0.05) is 24.7 Å². The molecule has 118 valence electrons. The highest BCUT2D eigenvalue weighted by atomic mass is 32.1. The number of nitrogens with zero attached hydrogens (tertiary/aromatic N) is 3. The third-order valence-corrected chi connectivity index (χ3v) is 5.64. The predicted octanol–water partition coefficient (Wildman–Crippen LogP) is 4.01. The average Bonchev–Trinajstić information content (AvgIpc) is 2.89. The van der Waals surface area contributed by atoms with Crippen LogP contribution >= 0.6 is 11.3 Å². The van der Waals surface area contributed by atoms with E-state index in [2.05, 4.69) is 51.0 Å². The van der Waals surface area contributed by atoms with Crippen LogP contribution in [0.15, 0.2) is 23.2 Å². The Morgan fingerprint density at radius 3 is 2.86 bits per heavy atom. The zero-order chi connectivity index (χ0) is 15.7. The number of aliphatic imine (C=N–C) groups is 1. The number of likely N-dealkylation sites (N-methyl/N-ethyl adjacent to an activating group) is 1. The van der Waals surface area contributed by atoms with Crippen LogP contribution in [-0.2, 0) is 6.42 Å². The van der Waals surface area contributed by atoms with Crippen LogP contribution in [0.5, 0.6) is 0 Å². The van der Waals surface area contributed by atoms with Crippen LogP contribution in [0.25, 0.3) is 10.2 Å². The number of fused-ring (bicyclic) bond motifs is 1. The molecule has 1 aliphatic rings. The molecule has 1 aliphatic heterocycles. The van der Waals surface area contributed by atoms with E-state index in [1.165, 1.54) is 27.4 Å². The van der Waals surface area contributed by atoms with Crippen LogP contribution in [0.4, 0.5) is 0 Å². The van der Waals surface area contributed by atoms with Crippen molar-refractivity contribution in [3.8, 4) is 0 Å². The Morgan fingerprint density at radius 1 is 1.36 bits per heavy atom. The van der Waals surface area contributed by atoms with Gasteiger partial charge in [0.25, 0.3) is 0 Å². The summed E-state index contributed by atoms with van der Waals surface area (Å²) in [7, 11) is 4.25. The fourth-order valence-electron chi connectivity index (χ4n) is 2.73. The first-order valence-corrected chi connectivity index (χ1v) is 8.94. The Labute approximate surface area is 137 Å². The molecule has 0 fully saturated rings. The van der Waals surface area contributed by atoms with Crippen LogP contribution < -0.4 is 0 Å². The molecule has 2 heterocycles. The monoisotopic (exact) mass is 315 g/mol. The SMILES string of the molecule is CC1CCC(c2ccc3sc(CC(C)N(C)C)nc3c2)=NC1. The first-order chi connectivity index (χ1) is 10.5. The molecule has 0 amide bonds. The van der Waals surface area contributed by atoms with E-state index < -0.39 is 0 Å². The van der Waals surface area contributed by atoms with E-state index in [1.54, 1.807) is 0 Å². The zero-order valence-electron chi connectivity index (χ0n) is 14.0. The van der Waals surface area contributed by atoms with Crippen molar-refractivity contribution in [2.45, 2.75) is 39.2 Å². The zero-order valence-corrected chi connectivity index (χ0v) is 14.8. The van der Waals surface area contributed by atoms with Crippen molar-refractivity contribution < 1.29 is 0 Å². The van der Waals surface area contributed by atoms with Crippen LogP contribution in [0.3, 0.4) is 0 Å². The van der Waals surface area contributed by atoms with Crippen molar-refractivity contribution in [1.82, 2.24) is 9.88 Å². The first-order valence-electron chi connectivity index (χ1n) is 8.12. The van der Waals surface area contributed by atoms with Gasteiger partial charge in [0.1, 0.15) is 0 Å². The Morgan fingerprint density at radius 2 is 2.18 bits per heavy atom. The molecule has 1 aromatic carbocycles. The number of rotatable bonds is 4. The van der Waals surface area contributed by atoms with Gasteiger partial charge in [0.15, 0.2) is 0 Å². The molecule has 0 saturated carbocycles. The second-order valence-electron chi connectivity index (χ2n) is 6.74. The first kappa shape index (κ1) is 15.6. The van der Waals surface area contributed by atoms with Gasteiger partial charge < -0.3 is 4.90 Å².